The molecule has 1 fully saturated rings. The van der Waals surface area contributed by atoms with Crippen LogP contribution in [0.3, 0.4) is 0 Å². The Morgan fingerprint density at radius 2 is 2.20 bits per heavy atom. The van der Waals surface area contributed by atoms with Crippen molar-refractivity contribution in [1.29, 1.82) is 0 Å². The van der Waals surface area contributed by atoms with Gasteiger partial charge in [-0.15, -0.1) is 0 Å². The van der Waals surface area contributed by atoms with E-state index in [1.165, 1.54) is 7.11 Å². The van der Waals surface area contributed by atoms with E-state index in [1.807, 2.05) is 12.2 Å². The molecule has 0 aromatic heterocycles. The number of hydrogen-bond donors (Lipinski definition) is 2. The normalized spacial score (nSPS) is 22.5. The van der Waals surface area contributed by atoms with Crippen molar-refractivity contribution < 1.29 is 9.53 Å². The second kappa shape index (κ2) is 3.61. The Morgan fingerprint density at radius 1 is 1.47 bits per heavy atom. The average molecular weight is 208 g/mol. The van der Waals surface area contributed by atoms with Crippen LogP contribution >= 0.6 is 0 Å². The van der Waals surface area contributed by atoms with Crippen LogP contribution in [0.2, 0.25) is 0 Å². The average Bonchev–Trinajstić information content (AvgIpc) is 3.01. The van der Waals surface area contributed by atoms with Crippen LogP contribution in [0.25, 0.3) is 0 Å². The van der Waals surface area contributed by atoms with Gasteiger partial charge in [-0.2, -0.15) is 0 Å². The molecule has 0 amide bonds. The summed E-state index contributed by atoms with van der Waals surface area (Å²) in [5.41, 5.74) is 7.18. The second-order valence-electron chi connectivity index (χ2n) is 4.13. The topological polar surface area (TPSA) is 64.3 Å². The number of methoxy groups -OCH3 is 1. The van der Waals surface area contributed by atoms with Gasteiger partial charge in [0.1, 0.15) is 5.54 Å². The minimum atomic E-state index is -0.444. The summed E-state index contributed by atoms with van der Waals surface area (Å²) >= 11 is 0. The Morgan fingerprint density at radius 3 is 2.67 bits per heavy atom. The SMILES string of the molecule is COC(=O)C1(NC2=CC=C(N)CC2)CC1. The van der Waals surface area contributed by atoms with Gasteiger partial charge in [-0.3, -0.25) is 0 Å². The van der Waals surface area contributed by atoms with E-state index in [0.29, 0.717) is 0 Å². The predicted molar refractivity (Wildman–Crippen MR) is 56.7 cm³/mol. The third-order valence-electron chi connectivity index (χ3n) is 2.91. The molecule has 0 atom stereocenters. The summed E-state index contributed by atoms with van der Waals surface area (Å²) in [4.78, 5) is 11.5. The zero-order valence-corrected chi connectivity index (χ0v) is 8.88. The first-order valence-electron chi connectivity index (χ1n) is 5.18. The number of ether oxygens (including phenoxy) is 1. The number of esters is 1. The maximum absolute atomic E-state index is 11.5. The van der Waals surface area contributed by atoms with E-state index in [4.69, 9.17) is 10.5 Å². The lowest BCUT2D eigenvalue weighted by Crippen LogP contribution is -2.39. The summed E-state index contributed by atoms with van der Waals surface area (Å²) in [6.07, 6.45) is 7.28. The predicted octanol–water partition coefficient (Wildman–Crippen LogP) is 0.802. The summed E-state index contributed by atoms with van der Waals surface area (Å²) in [7, 11) is 1.43. The van der Waals surface area contributed by atoms with Gasteiger partial charge in [-0.25, -0.2) is 4.79 Å². The van der Waals surface area contributed by atoms with Gasteiger partial charge in [0.05, 0.1) is 7.11 Å². The van der Waals surface area contributed by atoms with Gasteiger partial charge in [-0.1, -0.05) is 0 Å². The molecule has 2 rings (SSSR count). The van der Waals surface area contributed by atoms with E-state index in [-0.39, 0.29) is 5.97 Å². The third-order valence-corrected chi connectivity index (χ3v) is 2.91. The van der Waals surface area contributed by atoms with Gasteiger partial charge in [0, 0.05) is 11.4 Å². The Labute approximate surface area is 89.2 Å². The summed E-state index contributed by atoms with van der Waals surface area (Å²) in [6.45, 7) is 0. The van der Waals surface area contributed by atoms with E-state index in [0.717, 1.165) is 37.1 Å². The molecular weight excluding hydrogens is 192 g/mol. The van der Waals surface area contributed by atoms with Crippen molar-refractivity contribution in [3.8, 4) is 0 Å². The minimum absolute atomic E-state index is 0.161. The summed E-state index contributed by atoms with van der Waals surface area (Å²) < 4.78 is 4.77. The highest BCUT2D eigenvalue weighted by atomic mass is 16.5. The van der Waals surface area contributed by atoms with Crippen molar-refractivity contribution in [2.75, 3.05) is 7.11 Å². The van der Waals surface area contributed by atoms with Crippen LogP contribution < -0.4 is 11.1 Å². The summed E-state index contributed by atoms with van der Waals surface area (Å²) in [6, 6.07) is 0. The monoisotopic (exact) mass is 208 g/mol. The maximum atomic E-state index is 11.5. The molecule has 0 bridgehead atoms. The van der Waals surface area contributed by atoms with Crippen LogP contribution in [0, 0.1) is 0 Å². The maximum Gasteiger partial charge on any atom is 0.331 e. The molecule has 0 spiro atoms. The Bertz CT molecular complexity index is 340. The molecule has 4 heteroatoms. The lowest BCUT2D eigenvalue weighted by atomic mass is 10.1. The second-order valence-corrected chi connectivity index (χ2v) is 4.13. The van der Waals surface area contributed by atoms with Crippen LogP contribution in [0.5, 0.6) is 0 Å². The summed E-state index contributed by atoms with van der Waals surface area (Å²) in [5.74, 6) is -0.161. The smallest absolute Gasteiger partial charge is 0.331 e. The molecule has 3 N–H and O–H groups in total. The lowest BCUT2D eigenvalue weighted by Gasteiger charge is -2.20. The fraction of sp³-hybridized carbons (Fsp3) is 0.545. The van der Waals surface area contributed by atoms with Crippen molar-refractivity contribution in [2.24, 2.45) is 5.73 Å². The van der Waals surface area contributed by atoms with Crippen molar-refractivity contribution in [3.05, 3.63) is 23.5 Å². The molecule has 15 heavy (non-hydrogen) atoms. The van der Waals surface area contributed by atoms with Crippen molar-refractivity contribution in [3.63, 3.8) is 0 Å². The van der Waals surface area contributed by atoms with E-state index >= 15 is 0 Å². The molecule has 0 aromatic carbocycles. The van der Waals surface area contributed by atoms with E-state index in [9.17, 15) is 4.79 Å². The molecule has 0 aliphatic heterocycles. The largest absolute Gasteiger partial charge is 0.467 e. The molecular formula is C11H16N2O2. The highest BCUT2D eigenvalue weighted by Gasteiger charge is 2.51. The van der Waals surface area contributed by atoms with E-state index in [1.54, 1.807) is 0 Å². The van der Waals surface area contributed by atoms with Gasteiger partial charge in [0.15, 0.2) is 0 Å². The van der Waals surface area contributed by atoms with Crippen molar-refractivity contribution in [1.82, 2.24) is 5.32 Å². The van der Waals surface area contributed by atoms with Gasteiger partial charge in [-0.05, 0) is 37.8 Å². The lowest BCUT2D eigenvalue weighted by molar-refractivity contribution is -0.144. The zero-order chi connectivity index (χ0) is 10.9. The van der Waals surface area contributed by atoms with Crippen LogP contribution in [0.4, 0.5) is 0 Å². The molecule has 0 saturated heterocycles. The standard InChI is InChI=1S/C11H16N2O2/c1-15-10(14)11(6-7-11)13-9-4-2-8(12)3-5-9/h2,4,13H,3,5-7,12H2,1H3. The number of nitrogens with one attached hydrogen (secondary N) is 1. The van der Waals surface area contributed by atoms with Gasteiger partial charge >= 0.3 is 5.97 Å². The number of rotatable bonds is 3. The fourth-order valence-electron chi connectivity index (χ4n) is 1.77. The first kappa shape index (κ1) is 10.1. The molecule has 2 aliphatic rings. The third kappa shape index (κ3) is 1.98. The Kier molecular flexibility index (Phi) is 2.42. The first-order chi connectivity index (χ1) is 7.16. The molecule has 2 aliphatic carbocycles. The van der Waals surface area contributed by atoms with Crippen LogP contribution in [0.15, 0.2) is 23.5 Å². The number of hydrogen-bond acceptors (Lipinski definition) is 4. The Balaban J connectivity index is 2.01. The van der Waals surface area contributed by atoms with Gasteiger partial charge in [0.2, 0.25) is 0 Å². The van der Waals surface area contributed by atoms with Crippen molar-refractivity contribution >= 4 is 5.97 Å². The molecule has 1 saturated carbocycles. The van der Waals surface area contributed by atoms with Gasteiger partial charge in [0.25, 0.3) is 0 Å². The van der Waals surface area contributed by atoms with Crippen molar-refractivity contribution in [2.45, 2.75) is 31.2 Å². The Hall–Kier alpha value is -1.45. The van der Waals surface area contributed by atoms with Crippen LogP contribution in [0.1, 0.15) is 25.7 Å². The number of allylic oxidation sites excluding steroid dienone is 4. The number of carbonyl (C=O) groups is 1. The van der Waals surface area contributed by atoms with E-state index < -0.39 is 5.54 Å². The highest BCUT2D eigenvalue weighted by molar-refractivity contribution is 5.84. The molecule has 0 aromatic rings. The highest BCUT2D eigenvalue weighted by Crippen LogP contribution is 2.38. The first-order valence-corrected chi connectivity index (χ1v) is 5.18. The fourth-order valence-corrected chi connectivity index (χ4v) is 1.77. The number of carbonyl (C=O) groups excluding carboxylic acids is 1. The summed E-state index contributed by atoms with van der Waals surface area (Å²) in [5, 5.41) is 3.26. The molecule has 0 unspecified atom stereocenters. The minimum Gasteiger partial charge on any atom is -0.467 e. The molecule has 0 radical (unpaired) electrons. The van der Waals surface area contributed by atoms with Crippen LogP contribution in [-0.2, 0) is 9.53 Å². The zero-order valence-electron chi connectivity index (χ0n) is 8.88. The number of nitrogens with two attached hydrogens (primary N) is 1. The quantitative estimate of drug-likeness (QED) is 0.673. The molecule has 4 nitrogen and oxygen atoms in total. The van der Waals surface area contributed by atoms with Gasteiger partial charge < -0.3 is 15.8 Å². The molecule has 82 valence electrons. The molecule has 0 heterocycles. The van der Waals surface area contributed by atoms with Crippen LogP contribution in [-0.4, -0.2) is 18.6 Å². The van der Waals surface area contributed by atoms with E-state index in [2.05, 4.69) is 5.32 Å².